The predicted octanol–water partition coefficient (Wildman–Crippen LogP) is 2.30. The molecule has 3 aromatic heterocycles. The minimum Gasteiger partial charge on any atom is -0.337 e. The molecule has 4 rings (SSSR count). The van der Waals surface area contributed by atoms with E-state index in [2.05, 4.69) is 38.2 Å². The number of aryl methyl sites for hydroxylation is 1. The average Bonchev–Trinajstić information content (AvgIpc) is 3.32. The summed E-state index contributed by atoms with van der Waals surface area (Å²) in [6.07, 6.45) is 8.07. The van der Waals surface area contributed by atoms with Gasteiger partial charge in [0.15, 0.2) is 0 Å². The fourth-order valence-corrected chi connectivity index (χ4v) is 3.18. The van der Waals surface area contributed by atoms with E-state index >= 15 is 0 Å². The maximum atomic E-state index is 5.42. The van der Waals surface area contributed by atoms with E-state index in [1.54, 1.807) is 6.20 Å². The molecule has 0 unspecified atom stereocenters. The summed E-state index contributed by atoms with van der Waals surface area (Å²) in [7, 11) is 0. The Kier molecular flexibility index (Phi) is 4.08. The van der Waals surface area contributed by atoms with Crippen LogP contribution in [0, 0.1) is 6.92 Å². The summed E-state index contributed by atoms with van der Waals surface area (Å²) in [4.78, 5) is 11.1. The standard InChI is InChI=1S/C17H20N6O/c1-13-9-19-23(10-13)11-14-5-4-8-22(14)12-16-20-17(21-24-16)15-6-2-3-7-18-15/h2-3,6-7,9-10,14H,4-5,8,11-12H2,1H3/t14-/m1/s1. The zero-order chi connectivity index (χ0) is 16.4. The normalized spacial score (nSPS) is 18.3. The molecule has 124 valence electrons. The first-order valence-corrected chi connectivity index (χ1v) is 8.25. The second-order valence-electron chi connectivity index (χ2n) is 6.23. The summed E-state index contributed by atoms with van der Waals surface area (Å²) in [6.45, 7) is 4.68. The average molecular weight is 324 g/mol. The number of nitrogens with zero attached hydrogens (tertiary/aromatic N) is 6. The van der Waals surface area contributed by atoms with Crippen LogP contribution < -0.4 is 0 Å². The van der Waals surface area contributed by atoms with Crippen molar-refractivity contribution in [3.05, 3.63) is 48.2 Å². The van der Waals surface area contributed by atoms with Crippen LogP contribution in [0.3, 0.4) is 0 Å². The molecule has 7 heteroatoms. The molecular formula is C17H20N6O. The summed E-state index contributed by atoms with van der Waals surface area (Å²) in [5.74, 6) is 1.18. The lowest BCUT2D eigenvalue weighted by atomic mass is 10.2. The van der Waals surface area contributed by atoms with Crippen LogP contribution in [0.1, 0.15) is 24.3 Å². The van der Waals surface area contributed by atoms with Crippen molar-refractivity contribution in [1.82, 2.24) is 29.8 Å². The molecule has 1 aliphatic heterocycles. The van der Waals surface area contributed by atoms with Crippen molar-refractivity contribution >= 4 is 0 Å². The van der Waals surface area contributed by atoms with Crippen LogP contribution in [-0.4, -0.2) is 42.4 Å². The summed E-state index contributed by atoms with van der Waals surface area (Å²) in [5, 5.41) is 8.44. The van der Waals surface area contributed by atoms with Gasteiger partial charge in [0.2, 0.25) is 11.7 Å². The first-order chi connectivity index (χ1) is 11.8. The molecule has 0 aromatic carbocycles. The highest BCUT2D eigenvalue weighted by Crippen LogP contribution is 2.22. The number of pyridine rings is 1. The molecule has 1 saturated heterocycles. The molecule has 0 spiro atoms. The van der Waals surface area contributed by atoms with Gasteiger partial charge in [-0.15, -0.1) is 0 Å². The first-order valence-electron chi connectivity index (χ1n) is 8.25. The van der Waals surface area contributed by atoms with E-state index in [1.165, 1.54) is 18.4 Å². The van der Waals surface area contributed by atoms with Gasteiger partial charge in [0, 0.05) is 18.4 Å². The summed E-state index contributed by atoms with van der Waals surface area (Å²) < 4.78 is 7.44. The second kappa shape index (κ2) is 6.52. The fraction of sp³-hybridized carbons (Fsp3) is 0.412. The van der Waals surface area contributed by atoms with Gasteiger partial charge in [0.05, 0.1) is 19.3 Å². The topological polar surface area (TPSA) is 72.9 Å². The molecule has 0 aliphatic carbocycles. The highest BCUT2D eigenvalue weighted by Gasteiger charge is 2.27. The molecule has 0 saturated carbocycles. The molecule has 24 heavy (non-hydrogen) atoms. The summed E-state index contributed by atoms with van der Waals surface area (Å²) >= 11 is 0. The molecule has 0 amide bonds. The Balaban J connectivity index is 1.43. The van der Waals surface area contributed by atoms with Gasteiger partial charge in [-0.25, -0.2) is 0 Å². The predicted molar refractivity (Wildman–Crippen MR) is 87.9 cm³/mol. The molecule has 1 fully saturated rings. The first kappa shape index (κ1) is 15.0. The number of aromatic nitrogens is 5. The lowest BCUT2D eigenvalue weighted by Crippen LogP contribution is -2.32. The quantitative estimate of drug-likeness (QED) is 0.717. The third-order valence-electron chi connectivity index (χ3n) is 4.36. The van der Waals surface area contributed by atoms with Crippen molar-refractivity contribution in [2.75, 3.05) is 6.54 Å². The van der Waals surface area contributed by atoms with Crippen molar-refractivity contribution in [2.24, 2.45) is 0 Å². The van der Waals surface area contributed by atoms with Crippen LogP contribution in [0.25, 0.3) is 11.5 Å². The van der Waals surface area contributed by atoms with Crippen LogP contribution in [0.4, 0.5) is 0 Å². The lowest BCUT2D eigenvalue weighted by Gasteiger charge is -2.22. The second-order valence-corrected chi connectivity index (χ2v) is 6.23. The Morgan fingerprint density at radius 2 is 2.29 bits per heavy atom. The van der Waals surface area contributed by atoms with Crippen LogP contribution in [0.2, 0.25) is 0 Å². The van der Waals surface area contributed by atoms with E-state index in [9.17, 15) is 0 Å². The van der Waals surface area contributed by atoms with E-state index in [4.69, 9.17) is 4.52 Å². The van der Waals surface area contributed by atoms with Gasteiger partial charge in [0.1, 0.15) is 5.69 Å². The Morgan fingerprint density at radius 1 is 1.33 bits per heavy atom. The highest BCUT2D eigenvalue weighted by molar-refractivity contribution is 5.46. The van der Waals surface area contributed by atoms with E-state index in [1.807, 2.05) is 29.1 Å². The van der Waals surface area contributed by atoms with Crippen LogP contribution in [-0.2, 0) is 13.1 Å². The highest BCUT2D eigenvalue weighted by atomic mass is 16.5. The van der Waals surface area contributed by atoms with Gasteiger partial charge >= 0.3 is 0 Å². The van der Waals surface area contributed by atoms with Crippen molar-refractivity contribution in [3.8, 4) is 11.5 Å². The maximum absolute atomic E-state index is 5.42. The monoisotopic (exact) mass is 324 g/mol. The zero-order valence-electron chi connectivity index (χ0n) is 13.7. The molecule has 0 bridgehead atoms. The minimum absolute atomic E-state index is 0.453. The van der Waals surface area contributed by atoms with E-state index in [0.717, 1.165) is 18.8 Å². The van der Waals surface area contributed by atoms with Gasteiger partial charge in [-0.2, -0.15) is 10.1 Å². The molecular weight excluding hydrogens is 304 g/mol. The van der Waals surface area contributed by atoms with Gasteiger partial charge in [-0.3, -0.25) is 14.6 Å². The van der Waals surface area contributed by atoms with Crippen LogP contribution >= 0.6 is 0 Å². The van der Waals surface area contributed by atoms with E-state index < -0.39 is 0 Å². The van der Waals surface area contributed by atoms with Gasteiger partial charge in [-0.1, -0.05) is 11.2 Å². The molecule has 7 nitrogen and oxygen atoms in total. The third kappa shape index (κ3) is 3.21. The van der Waals surface area contributed by atoms with Crippen molar-refractivity contribution < 1.29 is 4.52 Å². The smallest absolute Gasteiger partial charge is 0.241 e. The largest absolute Gasteiger partial charge is 0.337 e. The van der Waals surface area contributed by atoms with Gasteiger partial charge < -0.3 is 4.52 Å². The summed E-state index contributed by atoms with van der Waals surface area (Å²) in [5.41, 5.74) is 1.92. The maximum Gasteiger partial charge on any atom is 0.241 e. The SMILES string of the molecule is Cc1cnn(C[C@H]2CCCN2Cc2nc(-c3ccccn3)no2)c1. The van der Waals surface area contributed by atoms with Crippen molar-refractivity contribution in [3.63, 3.8) is 0 Å². The third-order valence-corrected chi connectivity index (χ3v) is 4.36. The van der Waals surface area contributed by atoms with Crippen LogP contribution in [0.15, 0.2) is 41.3 Å². The van der Waals surface area contributed by atoms with E-state index in [-0.39, 0.29) is 0 Å². The van der Waals surface area contributed by atoms with Gasteiger partial charge in [0.25, 0.3) is 0 Å². The van der Waals surface area contributed by atoms with Crippen LogP contribution in [0.5, 0.6) is 0 Å². The Hall–Kier alpha value is -2.54. The Morgan fingerprint density at radius 3 is 3.08 bits per heavy atom. The molecule has 3 aromatic rings. The summed E-state index contributed by atoms with van der Waals surface area (Å²) in [6, 6.07) is 6.12. The van der Waals surface area contributed by atoms with Gasteiger partial charge in [-0.05, 0) is 44.0 Å². The molecule has 0 radical (unpaired) electrons. The fourth-order valence-electron chi connectivity index (χ4n) is 3.18. The zero-order valence-corrected chi connectivity index (χ0v) is 13.7. The molecule has 1 atom stereocenters. The lowest BCUT2D eigenvalue weighted by molar-refractivity contribution is 0.192. The number of rotatable bonds is 5. The number of hydrogen-bond donors (Lipinski definition) is 0. The number of likely N-dealkylation sites (tertiary alicyclic amines) is 1. The minimum atomic E-state index is 0.453. The molecule has 0 N–H and O–H groups in total. The van der Waals surface area contributed by atoms with Crippen molar-refractivity contribution in [2.45, 2.75) is 38.9 Å². The number of hydrogen-bond acceptors (Lipinski definition) is 6. The van der Waals surface area contributed by atoms with E-state index in [0.29, 0.717) is 24.3 Å². The molecule has 1 aliphatic rings. The molecule has 4 heterocycles. The Labute approximate surface area is 140 Å². The Bertz CT molecular complexity index is 796. The van der Waals surface area contributed by atoms with Crippen molar-refractivity contribution in [1.29, 1.82) is 0 Å².